The molecule has 1 heterocycles. The molecule has 2 N–H and O–H groups in total. The molecule has 0 saturated carbocycles. The number of pyridine rings is 1. The van der Waals surface area contributed by atoms with Crippen molar-refractivity contribution in [3.05, 3.63) is 83.0 Å². The second-order valence-electron chi connectivity index (χ2n) is 6.60. The van der Waals surface area contributed by atoms with E-state index in [9.17, 15) is 9.59 Å². The van der Waals surface area contributed by atoms with Gasteiger partial charge >= 0.3 is 5.97 Å². The number of amides is 1. The lowest BCUT2D eigenvalue weighted by molar-refractivity contribution is 0.0527. The Hall–Kier alpha value is -3.67. The lowest BCUT2D eigenvalue weighted by Crippen LogP contribution is -2.13. The first-order chi connectivity index (χ1) is 14.0. The van der Waals surface area contributed by atoms with Gasteiger partial charge in [0.15, 0.2) is 0 Å². The topological polar surface area (TPSA) is 80.3 Å². The van der Waals surface area contributed by atoms with Crippen LogP contribution < -0.4 is 10.6 Å². The Morgan fingerprint density at radius 1 is 1.00 bits per heavy atom. The van der Waals surface area contributed by atoms with Crippen LogP contribution in [0.25, 0.3) is 0 Å². The van der Waals surface area contributed by atoms with Gasteiger partial charge in [-0.15, -0.1) is 0 Å². The number of rotatable bonds is 6. The average molecular weight is 389 g/mol. The molecule has 29 heavy (non-hydrogen) atoms. The quantitative estimate of drug-likeness (QED) is 0.588. The van der Waals surface area contributed by atoms with Crippen molar-refractivity contribution in [2.24, 2.45) is 0 Å². The SMILES string of the molecule is CCOC(=O)c1ccccc1Nc1ccc(C(=O)Nc2ccc(C)cc2C)cn1. The zero-order valence-corrected chi connectivity index (χ0v) is 16.7. The predicted molar refractivity (Wildman–Crippen MR) is 114 cm³/mol. The number of carbonyl (C=O) groups excluding carboxylic acids is 2. The molecule has 3 rings (SSSR count). The van der Waals surface area contributed by atoms with Gasteiger partial charge in [-0.05, 0) is 56.7 Å². The minimum atomic E-state index is -0.403. The summed E-state index contributed by atoms with van der Waals surface area (Å²) in [7, 11) is 0. The second-order valence-corrected chi connectivity index (χ2v) is 6.60. The highest BCUT2D eigenvalue weighted by Gasteiger charge is 2.13. The molecule has 0 radical (unpaired) electrons. The van der Waals surface area contributed by atoms with Gasteiger partial charge in [0.05, 0.1) is 23.4 Å². The van der Waals surface area contributed by atoms with E-state index in [-0.39, 0.29) is 5.91 Å². The van der Waals surface area contributed by atoms with E-state index in [1.54, 1.807) is 37.3 Å². The Kier molecular flexibility index (Phi) is 6.24. The number of hydrogen-bond donors (Lipinski definition) is 2. The fourth-order valence-corrected chi connectivity index (χ4v) is 2.87. The summed E-state index contributed by atoms with van der Waals surface area (Å²) in [6, 6.07) is 16.3. The molecular formula is C23H23N3O3. The maximum absolute atomic E-state index is 12.5. The summed E-state index contributed by atoms with van der Waals surface area (Å²) >= 11 is 0. The monoisotopic (exact) mass is 389 g/mol. The molecule has 0 atom stereocenters. The summed E-state index contributed by atoms with van der Waals surface area (Å²) in [5.74, 6) is -0.118. The minimum Gasteiger partial charge on any atom is -0.462 e. The summed E-state index contributed by atoms with van der Waals surface area (Å²) in [4.78, 5) is 28.9. The molecule has 148 valence electrons. The third-order valence-electron chi connectivity index (χ3n) is 4.34. The van der Waals surface area contributed by atoms with Crippen LogP contribution in [0, 0.1) is 13.8 Å². The van der Waals surface area contributed by atoms with Crippen LogP contribution in [0.15, 0.2) is 60.8 Å². The molecule has 0 spiro atoms. The van der Waals surface area contributed by atoms with Gasteiger partial charge in [-0.3, -0.25) is 4.79 Å². The third-order valence-corrected chi connectivity index (χ3v) is 4.34. The predicted octanol–water partition coefficient (Wildman–Crippen LogP) is 4.87. The van der Waals surface area contributed by atoms with Gasteiger partial charge in [0.1, 0.15) is 5.82 Å². The zero-order valence-electron chi connectivity index (χ0n) is 16.7. The first kappa shape index (κ1) is 20.1. The highest BCUT2D eigenvalue weighted by Crippen LogP contribution is 2.21. The van der Waals surface area contributed by atoms with Gasteiger partial charge in [-0.25, -0.2) is 9.78 Å². The van der Waals surface area contributed by atoms with Crippen LogP contribution >= 0.6 is 0 Å². The van der Waals surface area contributed by atoms with E-state index < -0.39 is 5.97 Å². The second kappa shape index (κ2) is 9.01. The van der Waals surface area contributed by atoms with Gasteiger partial charge in [0.2, 0.25) is 0 Å². The molecule has 6 nitrogen and oxygen atoms in total. The van der Waals surface area contributed by atoms with Gasteiger partial charge in [-0.2, -0.15) is 0 Å². The Labute approximate surface area is 169 Å². The summed E-state index contributed by atoms with van der Waals surface area (Å²) in [6.07, 6.45) is 1.49. The lowest BCUT2D eigenvalue weighted by atomic mass is 10.1. The number of nitrogens with one attached hydrogen (secondary N) is 2. The Morgan fingerprint density at radius 3 is 2.48 bits per heavy atom. The maximum Gasteiger partial charge on any atom is 0.340 e. The Morgan fingerprint density at radius 2 is 1.79 bits per heavy atom. The van der Waals surface area contributed by atoms with E-state index in [1.807, 2.05) is 38.1 Å². The number of esters is 1. The van der Waals surface area contributed by atoms with Crippen molar-refractivity contribution in [2.45, 2.75) is 20.8 Å². The summed E-state index contributed by atoms with van der Waals surface area (Å²) in [6.45, 7) is 6.02. The molecule has 0 fully saturated rings. The van der Waals surface area contributed by atoms with E-state index in [4.69, 9.17) is 4.74 Å². The number of aryl methyl sites for hydroxylation is 2. The van der Waals surface area contributed by atoms with Crippen molar-refractivity contribution < 1.29 is 14.3 Å². The molecule has 0 bridgehead atoms. The lowest BCUT2D eigenvalue weighted by Gasteiger charge is -2.12. The van der Waals surface area contributed by atoms with E-state index >= 15 is 0 Å². The van der Waals surface area contributed by atoms with Gasteiger partial charge in [0.25, 0.3) is 5.91 Å². The molecule has 0 aliphatic rings. The van der Waals surface area contributed by atoms with Crippen LogP contribution in [-0.4, -0.2) is 23.5 Å². The van der Waals surface area contributed by atoms with E-state index in [2.05, 4.69) is 15.6 Å². The third kappa shape index (κ3) is 4.99. The number of carbonyl (C=O) groups is 2. The highest BCUT2D eigenvalue weighted by atomic mass is 16.5. The number of benzene rings is 2. The van der Waals surface area contributed by atoms with Crippen molar-refractivity contribution in [3.8, 4) is 0 Å². The molecule has 6 heteroatoms. The number of para-hydroxylation sites is 1. The van der Waals surface area contributed by atoms with Gasteiger partial charge < -0.3 is 15.4 Å². The molecule has 0 aliphatic heterocycles. The van der Waals surface area contributed by atoms with Crippen molar-refractivity contribution in [1.82, 2.24) is 4.98 Å². The molecule has 3 aromatic rings. The molecule has 1 amide bonds. The van der Waals surface area contributed by atoms with E-state index in [0.717, 1.165) is 16.8 Å². The fourth-order valence-electron chi connectivity index (χ4n) is 2.87. The molecular weight excluding hydrogens is 366 g/mol. The summed E-state index contributed by atoms with van der Waals surface area (Å²) < 4.78 is 5.08. The normalized spacial score (nSPS) is 10.3. The smallest absolute Gasteiger partial charge is 0.340 e. The molecule has 2 aromatic carbocycles. The highest BCUT2D eigenvalue weighted by molar-refractivity contribution is 6.04. The molecule has 0 saturated heterocycles. The number of anilines is 3. The van der Waals surface area contributed by atoms with Crippen LogP contribution in [0.1, 0.15) is 38.8 Å². The Balaban J connectivity index is 1.72. The average Bonchev–Trinajstić information content (AvgIpc) is 2.71. The Bertz CT molecular complexity index is 1030. The number of hydrogen-bond acceptors (Lipinski definition) is 5. The van der Waals surface area contributed by atoms with E-state index in [0.29, 0.717) is 29.2 Å². The van der Waals surface area contributed by atoms with Crippen molar-refractivity contribution in [1.29, 1.82) is 0 Å². The minimum absolute atomic E-state index is 0.233. The van der Waals surface area contributed by atoms with Crippen LogP contribution in [0.2, 0.25) is 0 Å². The number of ether oxygens (including phenoxy) is 1. The van der Waals surface area contributed by atoms with Crippen molar-refractivity contribution >= 4 is 29.1 Å². The number of nitrogens with zero attached hydrogens (tertiary/aromatic N) is 1. The number of aromatic nitrogens is 1. The largest absolute Gasteiger partial charge is 0.462 e. The van der Waals surface area contributed by atoms with Crippen LogP contribution in [0.3, 0.4) is 0 Å². The molecule has 1 aromatic heterocycles. The zero-order chi connectivity index (χ0) is 20.8. The van der Waals surface area contributed by atoms with Crippen molar-refractivity contribution in [3.63, 3.8) is 0 Å². The van der Waals surface area contributed by atoms with Gasteiger partial charge in [-0.1, -0.05) is 29.8 Å². The fraction of sp³-hybridized carbons (Fsp3) is 0.174. The maximum atomic E-state index is 12.5. The first-order valence-corrected chi connectivity index (χ1v) is 9.35. The molecule has 0 aliphatic carbocycles. The standard InChI is InChI=1S/C23H23N3O3/c1-4-29-23(28)18-7-5-6-8-20(18)25-21-12-10-17(14-24-21)22(27)26-19-11-9-15(2)13-16(19)3/h5-14H,4H2,1-3H3,(H,24,25)(H,26,27). The first-order valence-electron chi connectivity index (χ1n) is 9.35. The van der Waals surface area contributed by atoms with Crippen LogP contribution in [0.4, 0.5) is 17.2 Å². The van der Waals surface area contributed by atoms with Crippen molar-refractivity contribution in [2.75, 3.05) is 17.2 Å². The van der Waals surface area contributed by atoms with Crippen LogP contribution in [-0.2, 0) is 4.74 Å². The van der Waals surface area contributed by atoms with Crippen LogP contribution in [0.5, 0.6) is 0 Å². The summed E-state index contributed by atoms with van der Waals surface area (Å²) in [5.41, 5.74) is 4.36. The molecule has 0 unspecified atom stereocenters. The van der Waals surface area contributed by atoms with E-state index in [1.165, 1.54) is 6.20 Å². The summed E-state index contributed by atoms with van der Waals surface area (Å²) in [5, 5.41) is 6.00. The van der Waals surface area contributed by atoms with Gasteiger partial charge in [0, 0.05) is 11.9 Å².